The number of rotatable bonds is 2. The molecule has 1 radical (unpaired) electrons. The van der Waals surface area contributed by atoms with E-state index in [1.165, 1.54) is 0 Å². The first-order chi connectivity index (χ1) is 3.55. The van der Waals surface area contributed by atoms with Crippen molar-refractivity contribution in [2.75, 3.05) is 0 Å². The van der Waals surface area contributed by atoms with Gasteiger partial charge in [-0.15, -0.1) is 0 Å². The SMILES string of the molecule is CC(O)C(C)C(C)O.[V]. The van der Waals surface area contributed by atoms with Gasteiger partial charge in [-0.05, 0) is 13.8 Å². The second-order valence-electron chi connectivity index (χ2n) is 2.34. The minimum atomic E-state index is -0.407. The van der Waals surface area contributed by atoms with Gasteiger partial charge in [0.2, 0.25) is 0 Å². The molecule has 2 N–H and O–H groups in total. The van der Waals surface area contributed by atoms with Gasteiger partial charge in [0.1, 0.15) is 0 Å². The first kappa shape index (κ1) is 12.2. The van der Waals surface area contributed by atoms with Crippen molar-refractivity contribution in [2.24, 2.45) is 5.92 Å². The number of aliphatic hydroxyl groups excluding tert-OH is 2. The van der Waals surface area contributed by atoms with Gasteiger partial charge in [0.05, 0.1) is 12.2 Å². The van der Waals surface area contributed by atoms with Crippen LogP contribution in [0.15, 0.2) is 0 Å². The summed E-state index contributed by atoms with van der Waals surface area (Å²) in [6, 6.07) is 0. The zero-order valence-electron chi connectivity index (χ0n) is 6.07. The molecule has 0 heterocycles. The van der Waals surface area contributed by atoms with Crippen molar-refractivity contribution in [3.63, 3.8) is 0 Å². The molecule has 0 rings (SSSR count). The maximum absolute atomic E-state index is 8.83. The smallest absolute Gasteiger partial charge is 0.0562 e. The summed E-state index contributed by atoms with van der Waals surface area (Å²) in [6.07, 6.45) is -0.815. The molecule has 0 aromatic rings. The molecule has 0 amide bonds. The van der Waals surface area contributed by atoms with Crippen molar-refractivity contribution in [3.05, 3.63) is 0 Å². The largest absolute Gasteiger partial charge is 0.393 e. The van der Waals surface area contributed by atoms with E-state index in [1.54, 1.807) is 13.8 Å². The van der Waals surface area contributed by atoms with Crippen LogP contribution in [0.1, 0.15) is 20.8 Å². The van der Waals surface area contributed by atoms with Gasteiger partial charge in [0, 0.05) is 24.5 Å². The van der Waals surface area contributed by atoms with Crippen LogP contribution in [-0.2, 0) is 18.6 Å². The molecule has 0 saturated carbocycles. The normalized spacial score (nSPS) is 19.7. The van der Waals surface area contributed by atoms with Crippen LogP contribution in [0.25, 0.3) is 0 Å². The molecule has 0 aliphatic carbocycles. The predicted molar refractivity (Wildman–Crippen MR) is 32.5 cm³/mol. The summed E-state index contributed by atoms with van der Waals surface area (Å²) in [4.78, 5) is 0. The molecule has 0 aliphatic rings. The van der Waals surface area contributed by atoms with Gasteiger partial charge in [-0.1, -0.05) is 6.92 Å². The monoisotopic (exact) mass is 169 g/mol. The second kappa shape index (κ2) is 5.30. The molecule has 55 valence electrons. The van der Waals surface area contributed by atoms with E-state index in [-0.39, 0.29) is 24.5 Å². The Balaban J connectivity index is 0. The molecule has 9 heavy (non-hydrogen) atoms. The van der Waals surface area contributed by atoms with E-state index in [0.717, 1.165) is 0 Å². The first-order valence-corrected chi connectivity index (χ1v) is 2.92. The Kier molecular flexibility index (Phi) is 7.19. The molecule has 0 aromatic carbocycles. The third-order valence-corrected chi connectivity index (χ3v) is 1.52. The van der Waals surface area contributed by atoms with E-state index < -0.39 is 12.2 Å². The molecular formula is C6H14O2V. The molecule has 0 fully saturated rings. The zero-order valence-corrected chi connectivity index (χ0v) is 7.47. The summed E-state index contributed by atoms with van der Waals surface area (Å²) in [5.41, 5.74) is 0. The van der Waals surface area contributed by atoms with E-state index in [9.17, 15) is 0 Å². The van der Waals surface area contributed by atoms with Gasteiger partial charge < -0.3 is 10.2 Å². The third-order valence-electron chi connectivity index (χ3n) is 1.52. The second-order valence-corrected chi connectivity index (χ2v) is 2.34. The van der Waals surface area contributed by atoms with E-state index in [0.29, 0.717) is 0 Å². The number of hydrogen-bond donors (Lipinski definition) is 2. The van der Waals surface area contributed by atoms with E-state index in [1.807, 2.05) is 6.92 Å². The molecular weight excluding hydrogens is 155 g/mol. The van der Waals surface area contributed by atoms with Crippen molar-refractivity contribution in [3.8, 4) is 0 Å². The fraction of sp³-hybridized carbons (Fsp3) is 1.00. The van der Waals surface area contributed by atoms with Gasteiger partial charge in [-0.3, -0.25) is 0 Å². The Morgan fingerprint density at radius 1 is 0.889 bits per heavy atom. The van der Waals surface area contributed by atoms with Crippen LogP contribution in [0.2, 0.25) is 0 Å². The Morgan fingerprint density at radius 3 is 1.11 bits per heavy atom. The summed E-state index contributed by atoms with van der Waals surface area (Å²) in [5.74, 6) is -0.0185. The summed E-state index contributed by atoms with van der Waals surface area (Å²) < 4.78 is 0. The van der Waals surface area contributed by atoms with Gasteiger partial charge in [-0.25, -0.2) is 0 Å². The molecule has 0 bridgehead atoms. The van der Waals surface area contributed by atoms with Crippen molar-refractivity contribution in [2.45, 2.75) is 33.0 Å². The van der Waals surface area contributed by atoms with Crippen molar-refractivity contribution < 1.29 is 28.8 Å². The van der Waals surface area contributed by atoms with Gasteiger partial charge in [-0.2, -0.15) is 0 Å². The summed E-state index contributed by atoms with van der Waals surface area (Å²) in [6.45, 7) is 5.17. The van der Waals surface area contributed by atoms with Crippen LogP contribution in [-0.4, -0.2) is 22.4 Å². The van der Waals surface area contributed by atoms with Crippen LogP contribution >= 0.6 is 0 Å². The van der Waals surface area contributed by atoms with Crippen LogP contribution in [0.5, 0.6) is 0 Å². The summed E-state index contributed by atoms with van der Waals surface area (Å²) in [7, 11) is 0. The Labute approximate surface area is 68.2 Å². The average Bonchev–Trinajstić information content (AvgIpc) is 1.64. The van der Waals surface area contributed by atoms with Crippen molar-refractivity contribution in [1.29, 1.82) is 0 Å². The van der Waals surface area contributed by atoms with Gasteiger partial charge in [0.15, 0.2) is 0 Å². The van der Waals surface area contributed by atoms with Crippen molar-refractivity contribution in [1.82, 2.24) is 0 Å². The minimum Gasteiger partial charge on any atom is -0.393 e. The van der Waals surface area contributed by atoms with E-state index in [2.05, 4.69) is 0 Å². The fourth-order valence-corrected chi connectivity index (χ4v) is 0.403. The average molecular weight is 169 g/mol. The van der Waals surface area contributed by atoms with Crippen LogP contribution in [0.4, 0.5) is 0 Å². The standard InChI is InChI=1S/C6H14O2.V/c1-4(5(2)7)6(3)8;/h4-8H,1-3H3;. The van der Waals surface area contributed by atoms with E-state index in [4.69, 9.17) is 10.2 Å². The number of aliphatic hydroxyl groups is 2. The van der Waals surface area contributed by atoms with Crippen LogP contribution in [0, 0.1) is 5.92 Å². The molecule has 3 heteroatoms. The molecule has 0 aliphatic heterocycles. The molecule has 0 aromatic heterocycles. The predicted octanol–water partition coefficient (Wildman–Crippen LogP) is 0.382. The van der Waals surface area contributed by atoms with E-state index >= 15 is 0 Å². The Morgan fingerprint density at radius 2 is 1.11 bits per heavy atom. The summed E-state index contributed by atoms with van der Waals surface area (Å²) >= 11 is 0. The quantitative estimate of drug-likeness (QED) is 0.627. The maximum Gasteiger partial charge on any atom is 0.0562 e. The summed E-state index contributed by atoms with van der Waals surface area (Å²) in [5, 5.41) is 17.7. The number of hydrogen-bond acceptors (Lipinski definition) is 2. The van der Waals surface area contributed by atoms with Crippen LogP contribution < -0.4 is 0 Å². The van der Waals surface area contributed by atoms with Gasteiger partial charge in [0.25, 0.3) is 0 Å². The van der Waals surface area contributed by atoms with Crippen molar-refractivity contribution >= 4 is 0 Å². The third kappa shape index (κ3) is 4.97. The molecule has 2 unspecified atom stereocenters. The molecule has 2 nitrogen and oxygen atoms in total. The van der Waals surface area contributed by atoms with Gasteiger partial charge >= 0.3 is 0 Å². The Hall–Kier alpha value is 0.504. The molecule has 0 spiro atoms. The molecule has 2 atom stereocenters. The zero-order chi connectivity index (χ0) is 6.73. The van der Waals surface area contributed by atoms with Crippen LogP contribution in [0.3, 0.4) is 0 Å². The minimum absolute atomic E-state index is 0. The molecule has 0 saturated heterocycles. The maximum atomic E-state index is 8.83. The Bertz CT molecular complexity index is 56.1. The fourth-order valence-electron chi connectivity index (χ4n) is 0.403. The topological polar surface area (TPSA) is 40.5 Å². The first-order valence-electron chi connectivity index (χ1n) is 2.92.